The van der Waals surface area contributed by atoms with Crippen LogP contribution >= 0.6 is 0 Å². The molecule has 0 aromatic heterocycles. The van der Waals surface area contributed by atoms with E-state index in [1.54, 1.807) is 12.1 Å². The molecule has 0 fully saturated rings. The van der Waals surface area contributed by atoms with Gasteiger partial charge in [-0.1, -0.05) is 13.0 Å². The maximum absolute atomic E-state index is 10.9. The van der Waals surface area contributed by atoms with Crippen molar-refractivity contribution >= 4 is 5.97 Å². The van der Waals surface area contributed by atoms with E-state index in [0.29, 0.717) is 5.56 Å². The van der Waals surface area contributed by atoms with E-state index in [9.17, 15) is 4.79 Å². The highest BCUT2D eigenvalue weighted by Gasteiger charge is 2.19. The third-order valence-electron chi connectivity index (χ3n) is 1.89. The first-order chi connectivity index (χ1) is 5.31. The molecule has 1 aliphatic rings. The molecule has 2 nitrogen and oxygen atoms in total. The van der Waals surface area contributed by atoms with Crippen molar-refractivity contribution in [1.82, 2.24) is 0 Å². The highest BCUT2D eigenvalue weighted by atomic mass is 16.5. The Kier molecular flexibility index (Phi) is 1.22. The second kappa shape index (κ2) is 2.09. The fourth-order valence-corrected chi connectivity index (χ4v) is 1.23. The van der Waals surface area contributed by atoms with Gasteiger partial charge in [-0.3, -0.25) is 0 Å². The number of esters is 1. The fraction of sp³-hybridized carbons (Fsp3) is 0.222. The Bertz CT molecular complexity index is 315. The van der Waals surface area contributed by atoms with Gasteiger partial charge in [-0.2, -0.15) is 0 Å². The predicted octanol–water partition coefficient (Wildman–Crippen LogP) is 1.78. The molecule has 2 heteroatoms. The number of fused-ring (bicyclic) bond motifs is 2. The summed E-state index contributed by atoms with van der Waals surface area (Å²) in [5, 5.41) is 0. The minimum atomic E-state index is -0.222. The number of carbonyl (C=O) groups is 1. The van der Waals surface area contributed by atoms with Crippen molar-refractivity contribution in [2.24, 2.45) is 0 Å². The standard InChI is InChI=1S/C9H8O2/c1-2-6-3-4-7-5-8(6)11-9(7)10/h3-5H,2H2,1H3. The molecule has 1 aromatic carbocycles. The summed E-state index contributed by atoms with van der Waals surface area (Å²) in [5.74, 6) is 0.509. The first kappa shape index (κ1) is 6.40. The highest BCUT2D eigenvalue weighted by Crippen LogP contribution is 2.27. The van der Waals surface area contributed by atoms with E-state index in [1.165, 1.54) is 0 Å². The van der Waals surface area contributed by atoms with Crippen molar-refractivity contribution in [1.29, 1.82) is 0 Å². The zero-order valence-corrected chi connectivity index (χ0v) is 6.26. The molecule has 2 rings (SSSR count). The van der Waals surface area contributed by atoms with Crippen LogP contribution in [0.1, 0.15) is 22.8 Å². The summed E-state index contributed by atoms with van der Waals surface area (Å²) in [7, 11) is 0. The number of ether oxygens (including phenoxy) is 1. The summed E-state index contributed by atoms with van der Waals surface area (Å²) < 4.78 is 4.97. The Morgan fingerprint density at radius 1 is 1.45 bits per heavy atom. The minimum absolute atomic E-state index is 0.222. The summed E-state index contributed by atoms with van der Waals surface area (Å²) in [6.45, 7) is 2.04. The smallest absolute Gasteiger partial charge is 0.343 e. The summed E-state index contributed by atoms with van der Waals surface area (Å²) >= 11 is 0. The predicted molar refractivity (Wildman–Crippen MR) is 40.8 cm³/mol. The molecular weight excluding hydrogens is 140 g/mol. The molecule has 11 heavy (non-hydrogen) atoms. The summed E-state index contributed by atoms with van der Waals surface area (Å²) in [4.78, 5) is 10.9. The van der Waals surface area contributed by atoms with Gasteiger partial charge in [-0.25, -0.2) is 4.79 Å². The molecule has 0 aliphatic carbocycles. The Hall–Kier alpha value is -1.31. The maximum Gasteiger partial charge on any atom is 0.343 e. The van der Waals surface area contributed by atoms with E-state index in [0.717, 1.165) is 17.7 Å². The normalized spacial score (nSPS) is 13.4. The van der Waals surface area contributed by atoms with E-state index in [1.807, 2.05) is 13.0 Å². The topological polar surface area (TPSA) is 26.3 Å². The molecule has 0 amide bonds. The van der Waals surface area contributed by atoms with Crippen LogP contribution in [0.2, 0.25) is 0 Å². The van der Waals surface area contributed by atoms with Crippen LogP contribution in [-0.4, -0.2) is 5.97 Å². The Balaban J connectivity index is 2.55. The maximum atomic E-state index is 10.9. The molecule has 0 radical (unpaired) electrons. The lowest BCUT2D eigenvalue weighted by Crippen LogP contribution is -1.99. The van der Waals surface area contributed by atoms with Gasteiger partial charge in [-0.05, 0) is 24.1 Å². The van der Waals surface area contributed by atoms with Gasteiger partial charge in [0.25, 0.3) is 0 Å². The van der Waals surface area contributed by atoms with Gasteiger partial charge in [0, 0.05) is 0 Å². The minimum Gasteiger partial charge on any atom is -0.423 e. The molecule has 0 saturated heterocycles. The molecule has 1 aliphatic heterocycles. The van der Waals surface area contributed by atoms with Crippen LogP contribution in [0, 0.1) is 0 Å². The van der Waals surface area contributed by atoms with Crippen molar-refractivity contribution < 1.29 is 9.53 Å². The fourth-order valence-electron chi connectivity index (χ4n) is 1.23. The highest BCUT2D eigenvalue weighted by molar-refractivity contribution is 5.95. The lowest BCUT2D eigenvalue weighted by atomic mass is 10.1. The van der Waals surface area contributed by atoms with Crippen molar-refractivity contribution in [3.8, 4) is 5.75 Å². The second-order valence-electron chi connectivity index (χ2n) is 2.57. The van der Waals surface area contributed by atoms with Gasteiger partial charge in [0.05, 0.1) is 5.56 Å². The molecule has 0 unspecified atom stereocenters. The number of carbonyl (C=O) groups excluding carboxylic acids is 1. The van der Waals surface area contributed by atoms with E-state index >= 15 is 0 Å². The monoisotopic (exact) mass is 148 g/mol. The van der Waals surface area contributed by atoms with Gasteiger partial charge in [0.15, 0.2) is 0 Å². The van der Waals surface area contributed by atoms with Crippen LogP contribution in [-0.2, 0) is 6.42 Å². The molecule has 0 spiro atoms. The van der Waals surface area contributed by atoms with Gasteiger partial charge in [0.1, 0.15) is 5.75 Å². The average molecular weight is 148 g/mol. The molecule has 0 N–H and O–H groups in total. The summed E-state index contributed by atoms with van der Waals surface area (Å²) in [6.07, 6.45) is 0.906. The zero-order chi connectivity index (χ0) is 7.84. The van der Waals surface area contributed by atoms with Crippen molar-refractivity contribution in [2.45, 2.75) is 13.3 Å². The Morgan fingerprint density at radius 2 is 2.27 bits per heavy atom. The molecule has 2 bridgehead atoms. The lowest BCUT2D eigenvalue weighted by Gasteiger charge is -1.97. The summed E-state index contributed by atoms with van der Waals surface area (Å²) in [5.41, 5.74) is 1.76. The molecule has 0 saturated carbocycles. The van der Waals surface area contributed by atoms with Gasteiger partial charge in [-0.15, -0.1) is 0 Å². The first-order valence-electron chi connectivity index (χ1n) is 3.66. The largest absolute Gasteiger partial charge is 0.423 e. The number of hydrogen-bond donors (Lipinski definition) is 0. The number of hydrogen-bond acceptors (Lipinski definition) is 2. The van der Waals surface area contributed by atoms with Crippen LogP contribution in [0.15, 0.2) is 18.2 Å². The third kappa shape index (κ3) is 0.827. The van der Waals surface area contributed by atoms with Crippen molar-refractivity contribution in [3.05, 3.63) is 29.3 Å². The number of aryl methyl sites for hydroxylation is 1. The van der Waals surface area contributed by atoms with Crippen LogP contribution in [0.25, 0.3) is 0 Å². The van der Waals surface area contributed by atoms with Crippen molar-refractivity contribution in [3.63, 3.8) is 0 Å². The van der Waals surface area contributed by atoms with Crippen molar-refractivity contribution in [2.75, 3.05) is 0 Å². The van der Waals surface area contributed by atoms with E-state index < -0.39 is 0 Å². The Morgan fingerprint density at radius 3 is 3.00 bits per heavy atom. The lowest BCUT2D eigenvalue weighted by molar-refractivity contribution is 0.0754. The molecule has 1 aromatic rings. The van der Waals surface area contributed by atoms with Gasteiger partial charge < -0.3 is 4.74 Å². The van der Waals surface area contributed by atoms with E-state index in [4.69, 9.17) is 4.74 Å². The second-order valence-corrected chi connectivity index (χ2v) is 2.57. The SMILES string of the molecule is CCc1ccc2cc1OC2=O. The van der Waals surface area contributed by atoms with Gasteiger partial charge in [0.2, 0.25) is 0 Å². The van der Waals surface area contributed by atoms with Gasteiger partial charge >= 0.3 is 5.97 Å². The van der Waals surface area contributed by atoms with E-state index in [-0.39, 0.29) is 5.97 Å². The number of benzene rings is 1. The Labute approximate surface area is 64.8 Å². The summed E-state index contributed by atoms with van der Waals surface area (Å²) in [6, 6.07) is 5.54. The van der Waals surface area contributed by atoms with Crippen LogP contribution in [0.5, 0.6) is 5.75 Å². The molecule has 0 atom stereocenters. The average Bonchev–Trinajstić information content (AvgIpc) is 2.30. The van der Waals surface area contributed by atoms with E-state index in [2.05, 4.69) is 0 Å². The molecule has 1 heterocycles. The third-order valence-corrected chi connectivity index (χ3v) is 1.89. The van der Waals surface area contributed by atoms with Crippen LogP contribution in [0.3, 0.4) is 0 Å². The first-order valence-corrected chi connectivity index (χ1v) is 3.66. The molecular formula is C9H8O2. The zero-order valence-electron chi connectivity index (χ0n) is 6.26. The number of rotatable bonds is 1. The van der Waals surface area contributed by atoms with Crippen LogP contribution < -0.4 is 4.74 Å². The molecule has 56 valence electrons. The van der Waals surface area contributed by atoms with Crippen LogP contribution in [0.4, 0.5) is 0 Å². The quantitative estimate of drug-likeness (QED) is 0.567.